The van der Waals surface area contributed by atoms with Crippen molar-refractivity contribution in [3.05, 3.63) is 22.4 Å². The van der Waals surface area contributed by atoms with Crippen LogP contribution in [0.5, 0.6) is 0 Å². The molecule has 1 amide bonds. The first kappa shape index (κ1) is 17.3. The minimum absolute atomic E-state index is 0.412. The Balaban J connectivity index is 2.16. The number of nitrogens with zero attached hydrogens (tertiary/aromatic N) is 1. The number of carbonyl (C=O) groups is 1. The van der Waals surface area contributed by atoms with E-state index in [0.29, 0.717) is 19.0 Å². The zero-order chi connectivity index (χ0) is 15.7. The summed E-state index contributed by atoms with van der Waals surface area (Å²) in [6.45, 7) is 7.27. The number of hydrogen-bond donors (Lipinski definition) is 3. The Bertz CT molecular complexity index is 452. The fourth-order valence-electron chi connectivity index (χ4n) is 1.46. The van der Waals surface area contributed by atoms with Gasteiger partial charge >= 0.3 is 6.09 Å². The van der Waals surface area contributed by atoms with Crippen molar-refractivity contribution in [3.63, 3.8) is 0 Å². The van der Waals surface area contributed by atoms with Crippen LogP contribution < -0.4 is 16.0 Å². The van der Waals surface area contributed by atoms with E-state index < -0.39 is 11.7 Å². The molecule has 0 atom stereocenters. The molecule has 0 radical (unpaired) electrons. The first-order valence-corrected chi connectivity index (χ1v) is 7.77. The van der Waals surface area contributed by atoms with Crippen molar-refractivity contribution in [2.75, 3.05) is 20.1 Å². The summed E-state index contributed by atoms with van der Waals surface area (Å²) >= 11 is 1.67. The van der Waals surface area contributed by atoms with Gasteiger partial charge in [-0.25, -0.2) is 4.79 Å². The topological polar surface area (TPSA) is 74.8 Å². The van der Waals surface area contributed by atoms with Gasteiger partial charge in [0.25, 0.3) is 0 Å². The van der Waals surface area contributed by atoms with E-state index in [-0.39, 0.29) is 0 Å². The predicted octanol–water partition coefficient (Wildman–Crippen LogP) is 1.94. The van der Waals surface area contributed by atoms with E-state index in [0.717, 1.165) is 6.54 Å². The van der Waals surface area contributed by atoms with Gasteiger partial charge in [-0.15, -0.1) is 0 Å². The minimum Gasteiger partial charge on any atom is -0.444 e. The molecule has 1 aromatic heterocycles. The third-order valence-corrected chi connectivity index (χ3v) is 3.08. The van der Waals surface area contributed by atoms with E-state index in [1.54, 1.807) is 18.4 Å². The van der Waals surface area contributed by atoms with Crippen molar-refractivity contribution in [1.82, 2.24) is 16.0 Å². The first-order chi connectivity index (χ1) is 9.90. The zero-order valence-electron chi connectivity index (χ0n) is 13.0. The molecule has 6 nitrogen and oxygen atoms in total. The normalized spacial score (nSPS) is 11.9. The van der Waals surface area contributed by atoms with Crippen LogP contribution in [-0.4, -0.2) is 37.8 Å². The molecular weight excluding hydrogens is 288 g/mol. The van der Waals surface area contributed by atoms with Gasteiger partial charge in [0, 0.05) is 26.7 Å². The van der Waals surface area contributed by atoms with Crippen LogP contribution in [0.2, 0.25) is 0 Å². The summed E-state index contributed by atoms with van der Waals surface area (Å²) < 4.78 is 5.15. The molecule has 7 heteroatoms. The van der Waals surface area contributed by atoms with Crippen LogP contribution in [0.15, 0.2) is 21.8 Å². The van der Waals surface area contributed by atoms with E-state index in [9.17, 15) is 4.79 Å². The average molecular weight is 312 g/mol. The van der Waals surface area contributed by atoms with Gasteiger partial charge in [-0.2, -0.15) is 11.3 Å². The van der Waals surface area contributed by atoms with Crippen LogP contribution in [0.4, 0.5) is 4.79 Å². The summed E-state index contributed by atoms with van der Waals surface area (Å²) in [6, 6.07) is 2.06. The van der Waals surface area contributed by atoms with Crippen LogP contribution in [0.1, 0.15) is 26.3 Å². The predicted molar refractivity (Wildman–Crippen MR) is 86.8 cm³/mol. The second kappa shape index (κ2) is 8.51. The lowest BCUT2D eigenvalue weighted by Crippen LogP contribution is -2.42. The molecule has 3 N–H and O–H groups in total. The van der Waals surface area contributed by atoms with Crippen LogP contribution in [0.25, 0.3) is 0 Å². The number of aliphatic imine (C=N–C) groups is 1. The highest BCUT2D eigenvalue weighted by Crippen LogP contribution is 2.06. The molecule has 21 heavy (non-hydrogen) atoms. The molecule has 0 bridgehead atoms. The molecule has 0 spiro atoms. The quantitative estimate of drug-likeness (QED) is 0.441. The molecule has 0 aliphatic carbocycles. The van der Waals surface area contributed by atoms with Crippen LogP contribution in [0, 0.1) is 0 Å². The largest absolute Gasteiger partial charge is 0.444 e. The number of guanidine groups is 1. The maximum Gasteiger partial charge on any atom is 0.407 e. The molecular formula is C14H24N4O2S. The second-order valence-electron chi connectivity index (χ2n) is 5.41. The van der Waals surface area contributed by atoms with Crippen molar-refractivity contribution in [3.8, 4) is 0 Å². The Morgan fingerprint density at radius 2 is 2.00 bits per heavy atom. The molecule has 0 saturated carbocycles. The summed E-state index contributed by atoms with van der Waals surface area (Å²) in [5.41, 5.74) is 0.741. The molecule has 0 fully saturated rings. The Hall–Kier alpha value is -1.76. The summed E-state index contributed by atoms with van der Waals surface area (Å²) in [5.74, 6) is 0.701. The maximum atomic E-state index is 11.4. The molecule has 0 aromatic carbocycles. The van der Waals surface area contributed by atoms with Gasteiger partial charge in [-0.3, -0.25) is 4.99 Å². The van der Waals surface area contributed by atoms with E-state index >= 15 is 0 Å². The number of amides is 1. The van der Waals surface area contributed by atoms with Crippen LogP contribution in [-0.2, 0) is 11.3 Å². The zero-order valence-corrected chi connectivity index (χ0v) is 13.8. The van der Waals surface area contributed by atoms with Gasteiger partial charge in [0.05, 0.1) is 0 Å². The molecule has 0 saturated heterocycles. The number of thiophene rings is 1. The van der Waals surface area contributed by atoms with E-state index in [1.165, 1.54) is 5.56 Å². The summed E-state index contributed by atoms with van der Waals surface area (Å²) in [7, 11) is 1.71. The standard InChI is InChI=1S/C14H24N4O2S/c1-14(2,3)20-13(19)17-7-6-16-12(15-4)18-9-11-5-8-21-10-11/h5,8,10H,6-7,9H2,1-4H3,(H,17,19)(H2,15,16,18). The Kier molecular flexibility index (Phi) is 7.01. The Morgan fingerprint density at radius 3 is 2.57 bits per heavy atom. The smallest absolute Gasteiger partial charge is 0.407 e. The number of nitrogens with one attached hydrogen (secondary N) is 3. The maximum absolute atomic E-state index is 11.4. The van der Waals surface area contributed by atoms with Gasteiger partial charge in [0.2, 0.25) is 0 Å². The summed E-state index contributed by atoms with van der Waals surface area (Å²) in [4.78, 5) is 15.6. The third kappa shape index (κ3) is 8.19. The lowest BCUT2D eigenvalue weighted by molar-refractivity contribution is 0.0529. The van der Waals surface area contributed by atoms with E-state index in [1.807, 2.05) is 26.2 Å². The number of alkyl carbamates (subject to hydrolysis) is 1. The Morgan fingerprint density at radius 1 is 1.29 bits per heavy atom. The minimum atomic E-state index is -0.477. The van der Waals surface area contributed by atoms with Crippen molar-refractivity contribution in [2.45, 2.75) is 32.9 Å². The highest BCUT2D eigenvalue weighted by Gasteiger charge is 2.15. The fourth-order valence-corrected chi connectivity index (χ4v) is 2.13. The SMILES string of the molecule is CN=C(NCCNC(=O)OC(C)(C)C)NCc1ccsc1. The third-order valence-electron chi connectivity index (χ3n) is 2.35. The average Bonchev–Trinajstić information content (AvgIpc) is 2.89. The van der Waals surface area contributed by atoms with E-state index in [4.69, 9.17) is 4.74 Å². The molecule has 1 rings (SSSR count). The molecule has 1 heterocycles. The number of carbonyl (C=O) groups excluding carboxylic acids is 1. The lowest BCUT2D eigenvalue weighted by atomic mass is 10.2. The van der Waals surface area contributed by atoms with Gasteiger partial charge in [0.1, 0.15) is 5.60 Å². The van der Waals surface area contributed by atoms with Gasteiger partial charge in [0.15, 0.2) is 5.96 Å². The summed E-state index contributed by atoms with van der Waals surface area (Å²) in [6.07, 6.45) is -0.412. The summed E-state index contributed by atoms with van der Waals surface area (Å²) in [5, 5.41) is 13.1. The van der Waals surface area contributed by atoms with Crippen molar-refractivity contribution >= 4 is 23.4 Å². The van der Waals surface area contributed by atoms with Gasteiger partial charge < -0.3 is 20.7 Å². The van der Waals surface area contributed by atoms with E-state index in [2.05, 4.69) is 32.4 Å². The number of ether oxygens (including phenoxy) is 1. The monoisotopic (exact) mass is 312 g/mol. The molecule has 1 aromatic rings. The van der Waals surface area contributed by atoms with Gasteiger partial charge in [-0.05, 0) is 43.2 Å². The van der Waals surface area contributed by atoms with Crippen molar-refractivity contribution in [1.29, 1.82) is 0 Å². The van der Waals surface area contributed by atoms with Crippen molar-refractivity contribution in [2.24, 2.45) is 4.99 Å². The molecule has 118 valence electrons. The van der Waals surface area contributed by atoms with Crippen LogP contribution in [0.3, 0.4) is 0 Å². The fraction of sp³-hybridized carbons (Fsp3) is 0.571. The number of hydrogen-bond acceptors (Lipinski definition) is 4. The second-order valence-corrected chi connectivity index (χ2v) is 6.19. The first-order valence-electron chi connectivity index (χ1n) is 6.83. The molecule has 0 aliphatic rings. The lowest BCUT2D eigenvalue weighted by Gasteiger charge is -2.19. The highest BCUT2D eigenvalue weighted by molar-refractivity contribution is 7.07. The molecule has 0 unspecified atom stereocenters. The van der Waals surface area contributed by atoms with Crippen molar-refractivity contribution < 1.29 is 9.53 Å². The number of rotatable bonds is 5. The molecule has 0 aliphatic heterocycles. The van der Waals surface area contributed by atoms with Crippen LogP contribution >= 0.6 is 11.3 Å². The van der Waals surface area contributed by atoms with Gasteiger partial charge in [-0.1, -0.05) is 0 Å². The highest BCUT2D eigenvalue weighted by atomic mass is 32.1. The Labute approximate surface area is 130 Å².